The Kier molecular flexibility index (Phi) is 7.44. The molecule has 5 rings (SSSR count). The van der Waals surface area contributed by atoms with Crippen molar-refractivity contribution in [1.29, 1.82) is 5.26 Å². The van der Waals surface area contributed by atoms with Crippen molar-refractivity contribution in [1.82, 2.24) is 14.7 Å². The largest absolute Gasteiger partial charge is 0.476 e. The lowest BCUT2D eigenvalue weighted by Gasteiger charge is -2.24. The molecule has 0 aliphatic carbocycles. The van der Waals surface area contributed by atoms with Crippen LogP contribution in [-0.2, 0) is 14.8 Å². The summed E-state index contributed by atoms with van der Waals surface area (Å²) in [5, 5.41) is 10.4. The zero-order valence-electron chi connectivity index (χ0n) is 20.5. The Hall–Kier alpha value is -4.47. The second-order valence-corrected chi connectivity index (χ2v) is 10.6. The number of nitrogens with one attached hydrogen (secondary N) is 2. The first-order chi connectivity index (χ1) is 18.8. The number of fused-ring (bicyclic) bond motifs is 1. The first-order valence-electron chi connectivity index (χ1n) is 12.0. The summed E-state index contributed by atoms with van der Waals surface area (Å²) >= 11 is 0. The van der Waals surface area contributed by atoms with Gasteiger partial charge in [-0.05, 0) is 48.9 Å². The van der Waals surface area contributed by atoms with E-state index in [9.17, 15) is 22.9 Å². The lowest BCUT2D eigenvalue weighted by atomic mass is 10.0. The highest BCUT2D eigenvalue weighted by molar-refractivity contribution is 7.90. The molecule has 1 aliphatic rings. The Balaban J connectivity index is 1.30. The van der Waals surface area contributed by atoms with Crippen LogP contribution in [0.2, 0.25) is 0 Å². The molecule has 1 amide bonds. The fraction of sp³-hybridized carbons (Fsp3) is 0.222. The van der Waals surface area contributed by atoms with E-state index in [2.05, 4.69) is 9.97 Å². The van der Waals surface area contributed by atoms with Crippen molar-refractivity contribution in [3.05, 3.63) is 78.1 Å². The summed E-state index contributed by atoms with van der Waals surface area (Å²) in [6.07, 6.45) is 2.16. The van der Waals surface area contributed by atoms with Gasteiger partial charge in [0, 0.05) is 29.4 Å². The Bertz CT molecular complexity index is 1670. The van der Waals surface area contributed by atoms with Crippen LogP contribution in [0, 0.1) is 17.2 Å². The third kappa shape index (κ3) is 6.00. The Morgan fingerprint density at radius 2 is 2.08 bits per heavy atom. The van der Waals surface area contributed by atoms with E-state index in [4.69, 9.17) is 14.2 Å². The van der Waals surface area contributed by atoms with E-state index in [1.54, 1.807) is 36.5 Å². The van der Waals surface area contributed by atoms with Crippen molar-refractivity contribution in [2.75, 3.05) is 13.2 Å². The molecule has 2 aromatic carbocycles. The van der Waals surface area contributed by atoms with Crippen LogP contribution >= 0.6 is 0 Å². The number of sulfonamides is 1. The normalized spacial score (nSPS) is 17.3. The predicted octanol–water partition coefficient (Wildman–Crippen LogP) is 4.45. The van der Waals surface area contributed by atoms with Crippen molar-refractivity contribution < 1.29 is 31.8 Å². The number of pyridine rings is 1. The maximum Gasteiger partial charge on any atom is 0.268 e. The Morgan fingerprint density at radius 3 is 2.90 bits per heavy atom. The molecular weight excluding hydrogens is 527 g/mol. The third-order valence-corrected chi connectivity index (χ3v) is 7.47. The molecule has 39 heavy (non-hydrogen) atoms. The van der Waals surface area contributed by atoms with Gasteiger partial charge in [-0.15, -0.1) is 0 Å². The molecule has 12 heteroatoms. The topological polar surface area (TPSA) is 143 Å². The van der Waals surface area contributed by atoms with Crippen molar-refractivity contribution in [2.24, 2.45) is 5.92 Å². The fourth-order valence-electron chi connectivity index (χ4n) is 4.13. The lowest BCUT2D eigenvalue weighted by molar-refractivity contribution is -0.0918. The number of rotatable bonds is 8. The van der Waals surface area contributed by atoms with E-state index in [1.165, 1.54) is 6.07 Å². The van der Waals surface area contributed by atoms with Crippen LogP contribution in [0.3, 0.4) is 0 Å². The quantitative estimate of drug-likeness (QED) is 0.328. The average Bonchev–Trinajstić information content (AvgIpc) is 3.40. The van der Waals surface area contributed by atoms with E-state index in [-0.39, 0.29) is 48.3 Å². The second-order valence-electron chi connectivity index (χ2n) is 8.88. The number of H-pyrrole nitrogens is 1. The molecule has 0 radical (unpaired) electrons. The molecule has 10 nitrogen and oxygen atoms in total. The van der Waals surface area contributed by atoms with Gasteiger partial charge in [-0.1, -0.05) is 12.1 Å². The summed E-state index contributed by atoms with van der Waals surface area (Å²) in [6.45, 7) is 0.364. The van der Waals surface area contributed by atoms with Crippen LogP contribution < -0.4 is 14.2 Å². The van der Waals surface area contributed by atoms with Crippen LogP contribution in [-0.4, -0.2) is 43.9 Å². The number of nitrogens with zero attached hydrogens (tertiary/aromatic N) is 2. The fourth-order valence-corrected chi connectivity index (χ4v) is 5.07. The number of aromatic amines is 1. The lowest BCUT2D eigenvalue weighted by Crippen LogP contribution is -2.31. The van der Waals surface area contributed by atoms with Gasteiger partial charge in [-0.3, -0.25) is 4.79 Å². The van der Waals surface area contributed by atoms with Gasteiger partial charge in [-0.2, -0.15) is 5.26 Å². The van der Waals surface area contributed by atoms with Crippen LogP contribution in [0.15, 0.2) is 71.9 Å². The smallest absolute Gasteiger partial charge is 0.268 e. The summed E-state index contributed by atoms with van der Waals surface area (Å²) in [7, 11) is -4.41. The van der Waals surface area contributed by atoms with Gasteiger partial charge >= 0.3 is 0 Å². The van der Waals surface area contributed by atoms with E-state index in [0.717, 1.165) is 23.2 Å². The molecule has 0 spiro atoms. The number of nitriles is 1. The van der Waals surface area contributed by atoms with Crippen molar-refractivity contribution >= 4 is 26.8 Å². The highest BCUT2D eigenvalue weighted by atomic mass is 32.2. The molecule has 2 aromatic heterocycles. The molecule has 3 heterocycles. The molecule has 2 atom stereocenters. The van der Waals surface area contributed by atoms with Crippen molar-refractivity contribution in [3.63, 3.8) is 0 Å². The number of carbonyl (C=O) groups excluding carboxylic acids is 1. The SMILES string of the molecule is N#Cc1cc(S(=O)(=O)NC(=O)c2ccccc2Oc2ccc3[nH]ccc3c2)cnc1OCC1CCOC(F)C1. The molecule has 0 bridgehead atoms. The van der Waals surface area contributed by atoms with Crippen LogP contribution in [0.25, 0.3) is 10.9 Å². The summed E-state index contributed by atoms with van der Waals surface area (Å²) in [6, 6.07) is 16.3. The van der Waals surface area contributed by atoms with Crippen molar-refractivity contribution in [3.8, 4) is 23.4 Å². The van der Waals surface area contributed by atoms with E-state index < -0.39 is 27.2 Å². The van der Waals surface area contributed by atoms with Gasteiger partial charge in [0.05, 0.1) is 25.0 Å². The van der Waals surface area contributed by atoms with Gasteiger partial charge < -0.3 is 19.2 Å². The molecular formula is C27H23FN4O6S. The molecule has 2 unspecified atom stereocenters. The Morgan fingerprint density at radius 1 is 1.23 bits per heavy atom. The summed E-state index contributed by atoms with van der Waals surface area (Å²) in [4.78, 5) is 19.7. The first-order valence-corrected chi connectivity index (χ1v) is 13.5. The molecule has 1 fully saturated rings. The first kappa shape index (κ1) is 26.1. The molecule has 4 aromatic rings. The number of hydrogen-bond donors (Lipinski definition) is 2. The van der Waals surface area contributed by atoms with Crippen molar-refractivity contribution in [2.45, 2.75) is 24.1 Å². The summed E-state index contributed by atoms with van der Waals surface area (Å²) in [5.74, 6) is -0.512. The number of benzene rings is 2. The zero-order chi connectivity index (χ0) is 27.4. The highest BCUT2D eigenvalue weighted by Crippen LogP contribution is 2.29. The van der Waals surface area contributed by atoms with Crippen LogP contribution in [0.5, 0.6) is 17.4 Å². The maximum atomic E-state index is 13.4. The van der Waals surface area contributed by atoms with Gasteiger partial charge in [0.2, 0.25) is 5.88 Å². The van der Waals surface area contributed by atoms with E-state index in [1.807, 2.05) is 22.9 Å². The number of aromatic nitrogens is 2. The Labute approximate surface area is 223 Å². The van der Waals surface area contributed by atoms with Crippen LogP contribution in [0.1, 0.15) is 28.8 Å². The average molecular weight is 551 g/mol. The standard InChI is InChI=1S/C27H23FN4O6S/c28-25-11-17(8-10-36-25)16-37-27-19(14-29)13-21(15-31-27)39(34,35)32-26(33)22-3-1-2-4-24(22)38-20-5-6-23-18(12-20)7-9-30-23/h1-7,9,12-13,15,17,25,30H,8,10-11,16H2,(H,32,33). The van der Waals surface area contributed by atoms with Gasteiger partial charge in [-0.25, -0.2) is 22.5 Å². The number of hydrogen-bond acceptors (Lipinski definition) is 8. The highest BCUT2D eigenvalue weighted by Gasteiger charge is 2.25. The third-order valence-electron chi connectivity index (χ3n) is 6.17. The van der Waals surface area contributed by atoms with Gasteiger partial charge in [0.1, 0.15) is 28.0 Å². The minimum Gasteiger partial charge on any atom is -0.476 e. The molecule has 2 N–H and O–H groups in total. The molecule has 1 aliphatic heterocycles. The number of alkyl halides is 1. The predicted molar refractivity (Wildman–Crippen MR) is 137 cm³/mol. The van der Waals surface area contributed by atoms with E-state index in [0.29, 0.717) is 12.2 Å². The monoisotopic (exact) mass is 550 g/mol. The minimum atomic E-state index is -4.41. The molecule has 1 saturated heterocycles. The number of para-hydroxylation sites is 1. The summed E-state index contributed by atoms with van der Waals surface area (Å²) < 4.78 is 57.8. The number of ether oxygens (including phenoxy) is 3. The number of halogens is 1. The maximum absolute atomic E-state index is 13.4. The van der Waals surface area contributed by atoms with Crippen LogP contribution in [0.4, 0.5) is 4.39 Å². The number of amides is 1. The van der Waals surface area contributed by atoms with E-state index >= 15 is 0 Å². The van der Waals surface area contributed by atoms with Gasteiger partial charge in [0.25, 0.3) is 15.9 Å². The molecule has 200 valence electrons. The van der Waals surface area contributed by atoms with Gasteiger partial charge in [0.15, 0.2) is 6.36 Å². The number of carbonyl (C=O) groups is 1. The zero-order valence-corrected chi connectivity index (χ0v) is 21.3. The minimum absolute atomic E-state index is 0.00807. The molecule has 0 saturated carbocycles. The summed E-state index contributed by atoms with van der Waals surface area (Å²) in [5.41, 5.74) is 0.766. The second kappa shape index (κ2) is 11.1.